The molecule has 1 saturated heterocycles. The third-order valence-electron chi connectivity index (χ3n) is 5.20. The van der Waals surface area contributed by atoms with E-state index in [1.54, 1.807) is 0 Å². The summed E-state index contributed by atoms with van der Waals surface area (Å²) in [6.45, 7) is 13.4. The number of benzene rings is 1. The standard InChI is InChI=1S/C21H34N4.HI/c1-4-22-21(25-13-11-19-9-5-6-10-20(19)25)23-14-18-8-7-12-24(16-18)15-17(2)3;/h5-6,9-10,17-18H,4,7-8,11-16H2,1-3H3,(H,22,23);1H. The molecular formula is C21H35IN4. The van der Waals surface area contributed by atoms with Crippen molar-refractivity contribution in [1.29, 1.82) is 0 Å². The van der Waals surface area contributed by atoms with Gasteiger partial charge in [-0.1, -0.05) is 32.0 Å². The minimum absolute atomic E-state index is 0. The van der Waals surface area contributed by atoms with Crippen LogP contribution in [0.15, 0.2) is 29.3 Å². The summed E-state index contributed by atoms with van der Waals surface area (Å²) in [7, 11) is 0. The highest BCUT2D eigenvalue weighted by Crippen LogP contribution is 2.27. The summed E-state index contributed by atoms with van der Waals surface area (Å²) >= 11 is 0. The van der Waals surface area contributed by atoms with E-state index in [-0.39, 0.29) is 24.0 Å². The quantitative estimate of drug-likeness (QED) is 0.401. The molecule has 2 aliphatic heterocycles. The van der Waals surface area contributed by atoms with Gasteiger partial charge in [-0.2, -0.15) is 0 Å². The predicted octanol–water partition coefficient (Wildman–Crippen LogP) is 4.00. The molecule has 0 amide bonds. The molecule has 5 heteroatoms. The summed E-state index contributed by atoms with van der Waals surface area (Å²) in [5.41, 5.74) is 2.76. The van der Waals surface area contributed by atoms with E-state index in [2.05, 4.69) is 60.2 Å². The molecule has 1 unspecified atom stereocenters. The van der Waals surface area contributed by atoms with Gasteiger partial charge < -0.3 is 15.1 Å². The monoisotopic (exact) mass is 470 g/mol. The first kappa shape index (κ1) is 21.5. The maximum Gasteiger partial charge on any atom is 0.198 e. The van der Waals surface area contributed by atoms with E-state index >= 15 is 0 Å². The lowest BCUT2D eigenvalue weighted by Crippen LogP contribution is -2.42. The van der Waals surface area contributed by atoms with Crippen LogP contribution in [0.1, 0.15) is 39.2 Å². The number of hydrogen-bond acceptors (Lipinski definition) is 2. The van der Waals surface area contributed by atoms with Crippen molar-refractivity contribution in [2.45, 2.75) is 40.0 Å². The summed E-state index contributed by atoms with van der Waals surface area (Å²) in [5.74, 6) is 2.51. The van der Waals surface area contributed by atoms with Gasteiger partial charge in [0.1, 0.15) is 0 Å². The van der Waals surface area contributed by atoms with Crippen LogP contribution in [0.5, 0.6) is 0 Å². The van der Waals surface area contributed by atoms with Crippen LogP contribution >= 0.6 is 24.0 Å². The molecule has 2 aliphatic rings. The molecule has 26 heavy (non-hydrogen) atoms. The zero-order valence-electron chi connectivity index (χ0n) is 16.6. The number of fused-ring (bicyclic) bond motifs is 1. The second-order valence-electron chi connectivity index (χ2n) is 7.89. The molecule has 0 radical (unpaired) electrons. The number of rotatable bonds is 5. The second kappa shape index (κ2) is 10.5. The van der Waals surface area contributed by atoms with Gasteiger partial charge in [-0.05, 0) is 56.2 Å². The number of nitrogens with one attached hydrogen (secondary N) is 1. The smallest absolute Gasteiger partial charge is 0.198 e. The van der Waals surface area contributed by atoms with Gasteiger partial charge in [0.25, 0.3) is 0 Å². The molecule has 0 aromatic heterocycles. The van der Waals surface area contributed by atoms with Gasteiger partial charge in [-0.3, -0.25) is 4.99 Å². The molecule has 1 atom stereocenters. The molecule has 1 aromatic carbocycles. The van der Waals surface area contributed by atoms with Crippen molar-refractivity contribution in [1.82, 2.24) is 10.2 Å². The fourth-order valence-electron chi connectivity index (χ4n) is 4.15. The van der Waals surface area contributed by atoms with Gasteiger partial charge in [0.15, 0.2) is 5.96 Å². The van der Waals surface area contributed by atoms with Crippen LogP contribution < -0.4 is 10.2 Å². The lowest BCUT2D eigenvalue weighted by molar-refractivity contribution is 0.162. The number of aliphatic imine (C=N–C) groups is 1. The van der Waals surface area contributed by atoms with Gasteiger partial charge in [0, 0.05) is 38.4 Å². The van der Waals surface area contributed by atoms with Crippen molar-refractivity contribution in [2.24, 2.45) is 16.8 Å². The second-order valence-corrected chi connectivity index (χ2v) is 7.89. The van der Waals surface area contributed by atoms with E-state index in [4.69, 9.17) is 4.99 Å². The number of halogens is 1. The lowest BCUT2D eigenvalue weighted by atomic mass is 9.97. The Balaban J connectivity index is 0.00000243. The largest absolute Gasteiger partial charge is 0.356 e. The van der Waals surface area contributed by atoms with Crippen LogP contribution in [0.3, 0.4) is 0 Å². The molecule has 0 aliphatic carbocycles. The third kappa shape index (κ3) is 5.59. The molecule has 1 N–H and O–H groups in total. The number of para-hydroxylation sites is 1. The van der Waals surface area contributed by atoms with E-state index in [9.17, 15) is 0 Å². The molecule has 0 bridgehead atoms. The molecule has 2 heterocycles. The zero-order valence-corrected chi connectivity index (χ0v) is 18.9. The van der Waals surface area contributed by atoms with Crippen LogP contribution in [0.25, 0.3) is 0 Å². The van der Waals surface area contributed by atoms with Crippen molar-refractivity contribution in [2.75, 3.05) is 44.2 Å². The Kier molecular flexibility index (Phi) is 8.67. The van der Waals surface area contributed by atoms with Gasteiger partial charge in [-0.25, -0.2) is 0 Å². The first-order valence-corrected chi connectivity index (χ1v) is 10.0. The van der Waals surface area contributed by atoms with Crippen LogP contribution in [0, 0.1) is 11.8 Å². The van der Waals surface area contributed by atoms with Crippen LogP contribution in [0.4, 0.5) is 5.69 Å². The van der Waals surface area contributed by atoms with E-state index < -0.39 is 0 Å². The Morgan fingerprint density at radius 2 is 2.08 bits per heavy atom. The van der Waals surface area contributed by atoms with Crippen LogP contribution in [0.2, 0.25) is 0 Å². The summed E-state index contributed by atoms with van der Waals surface area (Å²) < 4.78 is 0. The number of anilines is 1. The van der Waals surface area contributed by atoms with E-state index in [1.165, 1.54) is 43.7 Å². The average Bonchev–Trinajstić information content (AvgIpc) is 3.02. The minimum atomic E-state index is 0. The highest BCUT2D eigenvalue weighted by Gasteiger charge is 2.24. The van der Waals surface area contributed by atoms with Crippen molar-refractivity contribution in [3.63, 3.8) is 0 Å². The number of likely N-dealkylation sites (tertiary alicyclic amines) is 1. The summed E-state index contributed by atoms with van der Waals surface area (Å²) in [6.07, 6.45) is 3.75. The number of nitrogens with zero attached hydrogens (tertiary/aromatic N) is 3. The van der Waals surface area contributed by atoms with E-state index in [0.717, 1.165) is 37.9 Å². The number of guanidine groups is 1. The Hall–Kier alpha value is -0.820. The normalized spacial score (nSPS) is 20.8. The fourth-order valence-corrected chi connectivity index (χ4v) is 4.15. The molecule has 0 spiro atoms. The van der Waals surface area contributed by atoms with Gasteiger partial charge in [0.2, 0.25) is 0 Å². The molecule has 4 nitrogen and oxygen atoms in total. The summed E-state index contributed by atoms with van der Waals surface area (Å²) in [5, 5.41) is 3.51. The molecule has 0 saturated carbocycles. The number of piperidine rings is 1. The van der Waals surface area contributed by atoms with E-state index in [0.29, 0.717) is 5.92 Å². The van der Waals surface area contributed by atoms with Crippen molar-refractivity contribution in [3.8, 4) is 0 Å². The lowest BCUT2D eigenvalue weighted by Gasteiger charge is -2.33. The average molecular weight is 470 g/mol. The van der Waals surface area contributed by atoms with Crippen molar-refractivity contribution >= 4 is 35.6 Å². The maximum absolute atomic E-state index is 5.04. The zero-order chi connectivity index (χ0) is 17.6. The number of hydrogen-bond donors (Lipinski definition) is 1. The minimum Gasteiger partial charge on any atom is -0.356 e. The third-order valence-corrected chi connectivity index (χ3v) is 5.20. The van der Waals surface area contributed by atoms with Gasteiger partial charge in [0.05, 0.1) is 0 Å². The summed E-state index contributed by atoms with van der Waals surface area (Å²) in [4.78, 5) is 10.0. The highest BCUT2D eigenvalue weighted by molar-refractivity contribution is 14.0. The molecule has 146 valence electrons. The van der Waals surface area contributed by atoms with Crippen molar-refractivity contribution < 1.29 is 0 Å². The SMILES string of the molecule is CCNC(=NCC1CCCN(CC(C)C)C1)N1CCc2ccccc21.I. The van der Waals surface area contributed by atoms with Crippen LogP contribution in [-0.2, 0) is 6.42 Å². The molecular weight excluding hydrogens is 435 g/mol. The van der Waals surface area contributed by atoms with Gasteiger partial charge in [-0.15, -0.1) is 24.0 Å². The fraction of sp³-hybridized carbons (Fsp3) is 0.667. The Morgan fingerprint density at radius 3 is 2.85 bits per heavy atom. The Labute approximate surface area is 176 Å². The molecule has 1 fully saturated rings. The van der Waals surface area contributed by atoms with Crippen LogP contribution in [-0.4, -0.2) is 50.1 Å². The van der Waals surface area contributed by atoms with Gasteiger partial charge >= 0.3 is 0 Å². The first-order valence-electron chi connectivity index (χ1n) is 10.0. The van der Waals surface area contributed by atoms with E-state index in [1.807, 2.05) is 0 Å². The topological polar surface area (TPSA) is 30.9 Å². The predicted molar refractivity (Wildman–Crippen MR) is 123 cm³/mol. The van der Waals surface area contributed by atoms with Crippen molar-refractivity contribution in [3.05, 3.63) is 29.8 Å². The Bertz CT molecular complexity index is 587. The molecule has 3 rings (SSSR count). The first-order chi connectivity index (χ1) is 12.2. The highest BCUT2D eigenvalue weighted by atomic mass is 127. The Morgan fingerprint density at radius 1 is 1.27 bits per heavy atom. The molecule has 1 aromatic rings. The maximum atomic E-state index is 5.04. The summed E-state index contributed by atoms with van der Waals surface area (Å²) in [6, 6.07) is 8.73.